The van der Waals surface area contributed by atoms with E-state index in [0.29, 0.717) is 18.2 Å². The number of nitrogens with zero attached hydrogens (tertiary/aromatic N) is 5. The second-order valence-electron chi connectivity index (χ2n) is 6.43. The summed E-state index contributed by atoms with van der Waals surface area (Å²) >= 11 is 0. The number of guanidine groups is 1. The topological polar surface area (TPSA) is 108 Å². The number of benzene rings is 1. The number of aromatic nitrogens is 2. The number of fused-ring (bicyclic) bond motifs is 3. The highest BCUT2D eigenvalue weighted by atomic mass is 32.2. The second kappa shape index (κ2) is 5.64. The van der Waals surface area contributed by atoms with Gasteiger partial charge in [-0.05, 0) is 25.1 Å². The Labute approximate surface area is 150 Å². The summed E-state index contributed by atoms with van der Waals surface area (Å²) in [5.74, 6) is 0.178. The monoisotopic (exact) mass is 375 g/mol. The Morgan fingerprint density at radius 1 is 1.35 bits per heavy atom. The van der Waals surface area contributed by atoms with Gasteiger partial charge in [-0.25, -0.2) is 0 Å². The molecule has 0 radical (unpaired) electrons. The van der Waals surface area contributed by atoms with Gasteiger partial charge in [-0.2, -0.15) is 13.5 Å². The van der Waals surface area contributed by atoms with Crippen LogP contribution in [0.2, 0.25) is 0 Å². The number of hydrogen-bond acceptors (Lipinski definition) is 6. The van der Waals surface area contributed by atoms with E-state index in [9.17, 15) is 17.8 Å². The van der Waals surface area contributed by atoms with Gasteiger partial charge in [0.15, 0.2) is 0 Å². The van der Waals surface area contributed by atoms with E-state index >= 15 is 0 Å². The molecule has 1 N–H and O–H groups in total. The molecule has 3 heterocycles. The summed E-state index contributed by atoms with van der Waals surface area (Å²) in [5.41, 5.74) is 1.64. The minimum atomic E-state index is -4.40. The minimum absolute atomic E-state index is 0.0323. The summed E-state index contributed by atoms with van der Waals surface area (Å²) in [6, 6.07) is 4.07. The van der Waals surface area contributed by atoms with Crippen molar-refractivity contribution in [2.24, 2.45) is 12.0 Å². The molecule has 1 atom stereocenters. The van der Waals surface area contributed by atoms with Gasteiger partial charge in [-0.3, -0.25) is 23.9 Å². The lowest BCUT2D eigenvalue weighted by Crippen LogP contribution is -2.51. The second-order valence-corrected chi connectivity index (χ2v) is 7.85. The SMILES string of the molecule is C[C@@H]1CN=C2N(Cc3cnn(C)c3)C(=O)c3cc(S(=O)(=O)O)ccc3N21. The predicted octanol–water partition coefficient (Wildman–Crippen LogP) is 0.887. The zero-order valence-electron chi connectivity index (χ0n) is 14.2. The zero-order chi connectivity index (χ0) is 18.6. The van der Waals surface area contributed by atoms with Crippen molar-refractivity contribution in [1.29, 1.82) is 0 Å². The first-order chi connectivity index (χ1) is 12.3. The van der Waals surface area contributed by atoms with Gasteiger partial charge >= 0.3 is 0 Å². The molecule has 10 heteroatoms. The number of carbonyl (C=O) groups is 1. The van der Waals surface area contributed by atoms with Crippen LogP contribution in [-0.4, -0.2) is 52.1 Å². The smallest absolute Gasteiger partial charge is 0.294 e. The average molecular weight is 375 g/mol. The van der Waals surface area contributed by atoms with E-state index in [2.05, 4.69) is 10.1 Å². The van der Waals surface area contributed by atoms with Crippen LogP contribution in [0.3, 0.4) is 0 Å². The maximum Gasteiger partial charge on any atom is 0.294 e. The highest BCUT2D eigenvalue weighted by Crippen LogP contribution is 2.35. The summed E-state index contributed by atoms with van der Waals surface area (Å²) < 4.78 is 33.9. The standard InChI is InChI=1S/C16H17N5O4S/c1-10-6-17-16-20(9-11-7-18-19(2)8-11)15(22)13-5-12(26(23,24)25)3-4-14(13)21(10)16/h3-5,7-8,10H,6,9H2,1-2H3,(H,23,24,25)/t10-/m1/s1. The summed E-state index contributed by atoms with van der Waals surface area (Å²) in [6.07, 6.45) is 3.47. The third kappa shape index (κ3) is 2.58. The van der Waals surface area contributed by atoms with Gasteiger partial charge in [0, 0.05) is 18.8 Å². The van der Waals surface area contributed by atoms with Crippen molar-refractivity contribution in [3.05, 3.63) is 41.7 Å². The lowest BCUT2D eigenvalue weighted by molar-refractivity contribution is 0.0833. The molecule has 0 saturated carbocycles. The number of carbonyl (C=O) groups excluding carboxylic acids is 1. The summed E-state index contributed by atoms with van der Waals surface area (Å²) in [5, 5.41) is 4.11. The van der Waals surface area contributed by atoms with E-state index in [1.54, 1.807) is 24.1 Å². The first kappa shape index (κ1) is 16.7. The van der Waals surface area contributed by atoms with Gasteiger partial charge in [-0.15, -0.1) is 0 Å². The zero-order valence-corrected chi connectivity index (χ0v) is 15.0. The molecule has 9 nitrogen and oxygen atoms in total. The Bertz CT molecular complexity index is 1040. The number of aliphatic imine (C=N–C) groups is 1. The van der Waals surface area contributed by atoms with Gasteiger partial charge in [-0.1, -0.05) is 0 Å². The first-order valence-corrected chi connectivity index (χ1v) is 9.44. The van der Waals surface area contributed by atoms with E-state index in [1.165, 1.54) is 23.1 Å². The molecule has 0 bridgehead atoms. The van der Waals surface area contributed by atoms with E-state index in [4.69, 9.17) is 0 Å². The maximum atomic E-state index is 13.1. The van der Waals surface area contributed by atoms with E-state index in [1.807, 2.05) is 11.8 Å². The molecule has 136 valence electrons. The summed E-state index contributed by atoms with van der Waals surface area (Å²) in [6.45, 7) is 2.78. The molecule has 4 rings (SSSR count). The van der Waals surface area contributed by atoms with Crippen molar-refractivity contribution < 1.29 is 17.8 Å². The molecule has 1 aromatic carbocycles. The van der Waals surface area contributed by atoms with Crippen LogP contribution < -0.4 is 4.90 Å². The predicted molar refractivity (Wildman–Crippen MR) is 93.6 cm³/mol. The van der Waals surface area contributed by atoms with Crippen molar-refractivity contribution in [3.63, 3.8) is 0 Å². The number of rotatable bonds is 3. The molecule has 0 saturated heterocycles. The van der Waals surface area contributed by atoms with E-state index in [0.717, 1.165) is 5.56 Å². The Balaban J connectivity index is 1.82. The fourth-order valence-electron chi connectivity index (χ4n) is 3.30. The van der Waals surface area contributed by atoms with Crippen LogP contribution in [0.5, 0.6) is 0 Å². The highest BCUT2D eigenvalue weighted by molar-refractivity contribution is 7.85. The molecule has 2 aliphatic rings. The van der Waals surface area contributed by atoms with Crippen molar-refractivity contribution >= 4 is 27.7 Å². The average Bonchev–Trinajstić information content (AvgIpc) is 3.16. The number of anilines is 1. The van der Waals surface area contributed by atoms with Crippen LogP contribution in [0.15, 0.2) is 40.5 Å². The Hall–Kier alpha value is -2.72. The molecule has 0 aliphatic carbocycles. The van der Waals surface area contributed by atoms with Crippen molar-refractivity contribution in [2.75, 3.05) is 11.4 Å². The molecule has 2 aliphatic heterocycles. The maximum absolute atomic E-state index is 13.1. The first-order valence-electron chi connectivity index (χ1n) is 8.00. The van der Waals surface area contributed by atoms with Crippen molar-refractivity contribution in [3.8, 4) is 0 Å². The fraction of sp³-hybridized carbons (Fsp3) is 0.312. The summed E-state index contributed by atoms with van der Waals surface area (Å²) in [4.78, 5) is 20.7. The molecular weight excluding hydrogens is 358 g/mol. The van der Waals surface area contributed by atoms with Crippen molar-refractivity contribution in [2.45, 2.75) is 24.4 Å². The minimum Gasteiger partial charge on any atom is -0.307 e. The third-order valence-electron chi connectivity index (χ3n) is 4.49. The highest BCUT2D eigenvalue weighted by Gasteiger charge is 2.40. The lowest BCUT2D eigenvalue weighted by Gasteiger charge is -2.37. The normalized spacial score (nSPS) is 19.4. The Kier molecular flexibility index (Phi) is 3.63. The van der Waals surface area contributed by atoms with E-state index in [-0.39, 0.29) is 29.0 Å². The molecule has 1 amide bonds. The van der Waals surface area contributed by atoms with Crippen LogP contribution in [-0.2, 0) is 23.7 Å². The summed E-state index contributed by atoms with van der Waals surface area (Å²) in [7, 11) is -2.61. The molecular formula is C16H17N5O4S. The van der Waals surface area contributed by atoms with Gasteiger partial charge < -0.3 is 4.90 Å². The largest absolute Gasteiger partial charge is 0.307 e. The van der Waals surface area contributed by atoms with Crippen LogP contribution in [0.1, 0.15) is 22.8 Å². The van der Waals surface area contributed by atoms with Crippen LogP contribution in [0, 0.1) is 0 Å². The number of amides is 1. The molecule has 1 aromatic heterocycles. The van der Waals surface area contributed by atoms with Gasteiger partial charge in [0.25, 0.3) is 16.0 Å². The molecule has 0 unspecified atom stereocenters. The third-order valence-corrected chi connectivity index (χ3v) is 5.34. The Morgan fingerprint density at radius 3 is 2.77 bits per heavy atom. The fourth-order valence-corrected chi connectivity index (χ4v) is 3.81. The quantitative estimate of drug-likeness (QED) is 0.798. The number of aryl methyl sites for hydroxylation is 1. The van der Waals surface area contributed by atoms with Gasteiger partial charge in [0.2, 0.25) is 5.96 Å². The van der Waals surface area contributed by atoms with Crippen LogP contribution in [0.25, 0.3) is 0 Å². The van der Waals surface area contributed by atoms with Gasteiger partial charge in [0.05, 0.1) is 41.5 Å². The molecule has 0 spiro atoms. The van der Waals surface area contributed by atoms with E-state index < -0.39 is 10.1 Å². The molecule has 0 fully saturated rings. The van der Waals surface area contributed by atoms with Crippen molar-refractivity contribution in [1.82, 2.24) is 14.7 Å². The molecule has 26 heavy (non-hydrogen) atoms. The van der Waals surface area contributed by atoms with Crippen LogP contribution >= 0.6 is 0 Å². The van der Waals surface area contributed by atoms with Crippen LogP contribution in [0.4, 0.5) is 5.69 Å². The van der Waals surface area contributed by atoms with Gasteiger partial charge in [0.1, 0.15) is 0 Å². The Morgan fingerprint density at radius 2 is 2.12 bits per heavy atom. The number of hydrogen-bond donors (Lipinski definition) is 1. The lowest BCUT2D eigenvalue weighted by atomic mass is 10.1. The molecule has 2 aromatic rings.